The molecule has 2 aromatic heterocycles. The lowest BCUT2D eigenvalue weighted by molar-refractivity contribution is -0.146. The Hall–Kier alpha value is -3.29. The largest absolute Gasteiger partial charge is 0.497 e. The summed E-state index contributed by atoms with van der Waals surface area (Å²) in [6.07, 6.45) is 1.86. The number of imidazole rings is 1. The van der Waals surface area contributed by atoms with E-state index in [1.165, 1.54) is 12.0 Å². The number of H-pyrrole nitrogens is 1. The molecular weight excluding hydrogens is 350 g/mol. The van der Waals surface area contributed by atoms with Crippen LogP contribution in [-0.4, -0.2) is 47.0 Å². The molecule has 27 heavy (non-hydrogen) atoms. The SMILES string of the molecule is COC(=O)C1Cc2nc[nH]c2CN1C(=O)c1oc2cc(OC)ccc2c1C. The lowest BCUT2D eigenvalue weighted by atomic mass is 10.0. The summed E-state index contributed by atoms with van der Waals surface area (Å²) in [5, 5.41) is 0.827. The molecule has 3 heterocycles. The Labute approximate surface area is 155 Å². The van der Waals surface area contributed by atoms with Crippen molar-refractivity contribution < 1.29 is 23.5 Å². The molecule has 1 aliphatic rings. The van der Waals surface area contributed by atoms with Crippen LogP contribution in [0.25, 0.3) is 11.0 Å². The Morgan fingerprint density at radius 3 is 2.89 bits per heavy atom. The van der Waals surface area contributed by atoms with Crippen LogP contribution in [0.1, 0.15) is 27.5 Å². The first-order valence-corrected chi connectivity index (χ1v) is 8.50. The maximum absolute atomic E-state index is 13.3. The van der Waals surface area contributed by atoms with Gasteiger partial charge in [0, 0.05) is 23.4 Å². The topological polar surface area (TPSA) is 97.7 Å². The fraction of sp³-hybridized carbons (Fsp3) is 0.316. The number of benzene rings is 1. The molecule has 1 N–H and O–H groups in total. The molecule has 0 fully saturated rings. The molecule has 0 bridgehead atoms. The molecule has 1 unspecified atom stereocenters. The number of ether oxygens (including phenoxy) is 2. The molecule has 1 aromatic carbocycles. The van der Waals surface area contributed by atoms with Crippen molar-refractivity contribution in [2.24, 2.45) is 0 Å². The first kappa shape index (κ1) is 17.1. The third-order valence-electron chi connectivity index (χ3n) is 4.97. The Bertz CT molecular complexity index is 1040. The third kappa shape index (κ3) is 2.73. The number of furan rings is 1. The van der Waals surface area contributed by atoms with E-state index in [9.17, 15) is 9.59 Å². The van der Waals surface area contributed by atoms with Gasteiger partial charge in [0.2, 0.25) is 0 Å². The fourth-order valence-electron chi connectivity index (χ4n) is 3.46. The number of hydrogen-bond acceptors (Lipinski definition) is 6. The number of nitrogens with one attached hydrogen (secondary N) is 1. The number of rotatable bonds is 3. The number of aromatic nitrogens is 2. The second kappa shape index (κ2) is 6.46. The highest BCUT2D eigenvalue weighted by molar-refractivity contribution is 6.00. The maximum Gasteiger partial charge on any atom is 0.329 e. The summed E-state index contributed by atoms with van der Waals surface area (Å²) in [4.78, 5) is 34.3. The summed E-state index contributed by atoms with van der Waals surface area (Å²) >= 11 is 0. The summed E-state index contributed by atoms with van der Waals surface area (Å²) < 4.78 is 16.0. The normalized spacial score (nSPS) is 16.3. The number of esters is 1. The smallest absolute Gasteiger partial charge is 0.329 e. The minimum absolute atomic E-state index is 0.204. The predicted octanol–water partition coefficient (Wildman–Crippen LogP) is 2.21. The van der Waals surface area contributed by atoms with Crippen LogP contribution in [0.15, 0.2) is 28.9 Å². The molecular formula is C19H19N3O5. The van der Waals surface area contributed by atoms with Crippen LogP contribution in [0.4, 0.5) is 0 Å². The molecule has 8 heteroatoms. The van der Waals surface area contributed by atoms with Gasteiger partial charge >= 0.3 is 5.97 Å². The molecule has 0 spiro atoms. The van der Waals surface area contributed by atoms with Crippen molar-refractivity contribution in [3.63, 3.8) is 0 Å². The molecule has 140 valence electrons. The van der Waals surface area contributed by atoms with Crippen molar-refractivity contribution in [2.45, 2.75) is 25.9 Å². The van der Waals surface area contributed by atoms with Crippen LogP contribution >= 0.6 is 0 Å². The first-order valence-electron chi connectivity index (χ1n) is 8.50. The lowest BCUT2D eigenvalue weighted by Gasteiger charge is -2.32. The number of nitrogens with zero attached hydrogens (tertiary/aromatic N) is 2. The van der Waals surface area contributed by atoms with Gasteiger partial charge in [-0.25, -0.2) is 9.78 Å². The zero-order valence-corrected chi connectivity index (χ0v) is 15.2. The van der Waals surface area contributed by atoms with Gasteiger partial charge in [-0.05, 0) is 19.1 Å². The average molecular weight is 369 g/mol. The van der Waals surface area contributed by atoms with Crippen molar-refractivity contribution in [1.82, 2.24) is 14.9 Å². The Balaban J connectivity index is 1.75. The third-order valence-corrected chi connectivity index (χ3v) is 4.97. The van der Waals surface area contributed by atoms with Crippen molar-refractivity contribution in [1.29, 1.82) is 0 Å². The average Bonchev–Trinajstić information content (AvgIpc) is 3.29. The second-order valence-electron chi connectivity index (χ2n) is 6.42. The van der Waals surface area contributed by atoms with Gasteiger partial charge in [0.15, 0.2) is 5.76 Å². The van der Waals surface area contributed by atoms with E-state index in [4.69, 9.17) is 13.9 Å². The number of amides is 1. The van der Waals surface area contributed by atoms with E-state index in [0.717, 1.165) is 22.3 Å². The van der Waals surface area contributed by atoms with Gasteiger partial charge in [0.25, 0.3) is 5.91 Å². The highest BCUT2D eigenvalue weighted by Crippen LogP contribution is 2.31. The second-order valence-corrected chi connectivity index (χ2v) is 6.42. The maximum atomic E-state index is 13.3. The van der Waals surface area contributed by atoms with E-state index >= 15 is 0 Å². The van der Waals surface area contributed by atoms with E-state index < -0.39 is 12.0 Å². The molecule has 0 saturated heterocycles. The van der Waals surface area contributed by atoms with Crippen molar-refractivity contribution in [3.05, 3.63) is 47.2 Å². The number of methoxy groups -OCH3 is 2. The number of aryl methyl sites for hydroxylation is 1. The van der Waals surface area contributed by atoms with Gasteiger partial charge in [-0.1, -0.05) is 0 Å². The summed E-state index contributed by atoms with van der Waals surface area (Å²) in [7, 11) is 2.88. The standard InChI is InChI=1S/C19H19N3O5/c1-10-12-5-4-11(25-2)6-16(12)27-17(10)18(23)22-8-14-13(20-9-21-14)7-15(22)19(24)26-3/h4-6,9,15H,7-8H2,1-3H3,(H,20,21). The van der Waals surface area contributed by atoms with Crippen molar-refractivity contribution in [3.8, 4) is 5.75 Å². The van der Waals surface area contributed by atoms with Crippen molar-refractivity contribution >= 4 is 22.8 Å². The number of hydrogen-bond donors (Lipinski definition) is 1. The zero-order chi connectivity index (χ0) is 19.1. The van der Waals surface area contributed by atoms with Gasteiger partial charge in [-0.2, -0.15) is 0 Å². The number of aromatic amines is 1. The van der Waals surface area contributed by atoms with Gasteiger partial charge in [-0.3, -0.25) is 4.79 Å². The zero-order valence-electron chi connectivity index (χ0n) is 15.2. The minimum atomic E-state index is -0.750. The van der Waals surface area contributed by atoms with Crippen LogP contribution in [0.5, 0.6) is 5.75 Å². The predicted molar refractivity (Wildman–Crippen MR) is 95.5 cm³/mol. The molecule has 0 saturated carbocycles. The van der Waals surface area contributed by atoms with Crippen LogP contribution in [0.3, 0.4) is 0 Å². The fourth-order valence-corrected chi connectivity index (χ4v) is 3.46. The van der Waals surface area contributed by atoms with Gasteiger partial charge < -0.3 is 23.8 Å². The molecule has 0 radical (unpaired) electrons. The molecule has 8 nitrogen and oxygen atoms in total. The number of carbonyl (C=O) groups excluding carboxylic acids is 2. The molecule has 0 aliphatic carbocycles. The van der Waals surface area contributed by atoms with Crippen LogP contribution in [0.2, 0.25) is 0 Å². The first-order chi connectivity index (χ1) is 13.0. The monoisotopic (exact) mass is 369 g/mol. The summed E-state index contributed by atoms with van der Waals surface area (Å²) in [5.74, 6) is 0.00336. The molecule has 3 aromatic rings. The summed E-state index contributed by atoms with van der Waals surface area (Å²) in [6.45, 7) is 2.05. The Morgan fingerprint density at radius 2 is 2.15 bits per heavy atom. The van der Waals surface area contributed by atoms with Gasteiger partial charge in [-0.15, -0.1) is 0 Å². The molecule has 1 amide bonds. The Kier molecular flexibility index (Phi) is 4.10. The number of fused-ring (bicyclic) bond motifs is 2. The van der Waals surface area contributed by atoms with E-state index in [1.807, 2.05) is 19.1 Å². The summed E-state index contributed by atoms with van der Waals surface area (Å²) in [6, 6.07) is 4.65. The molecule has 1 aliphatic heterocycles. The number of carbonyl (C=O) groups is 2. The Morgan fingerprint density at radius 1 is 1.33 bits per heavy atom. The van der Waals surface area contributed by atoms with Crippen LogP contribution in [0, 0.1) is 6.92 Å². The minimum Gasteiger partial charge on any atom is -0.497 e. The van der Waals surface area contributed by atoms with E-state index in [-0.39, 0.29) is 18.2 Å². The molecule has 1 atom stereocenters. The highest BCUT2D eigenvalue weighted by Gasteiger charge is 2.38. The van der Waals surface area contributed by atoms with Gasteiger partial charge in [0.1, 0.15) is 17.4 Å². The summed E-state index contributed by atoms with van der Waals surface area (Å²) in [5.41, 5.74) is 2.85. The highest BCUT2D eigenvalue weighted by atomic mass is 16.5. The van der Waals surface area contributed by atoms with E-state index in [2.05, 4.69) is 9.97 Å². The van der Waals surface area contributed by atoms with E-state index in [1.54, 1.807) is 19.5 Å². The molecule has 4 rings (SSSR count). The quantitative estimate of drug-likeness (QED) is 0.711. The van der Waals surface area contributed by atoms with Crippen LogP contribution < -0.4 is 4.74 Å². The van der Waals surface area contributed by atoms with E-state index in [0.29, 0.717) is 17.8 Å². The lowest BCUT2D eigenvalue weighted by Crippen LogP contribution is -2.49. The van der Waals surface area contributed by atoms with Crippen molar-refractivity contribution in [2.75, 3.05) is 14.2 Å². The van der Waals surface area contributed by atoms with Crippen LogP contribution in [-0.2, 0) is 22.5 Å². The van der Waals surface area contributed by atoms with Gasteiger partial charge in [0.05, 0.1) is 38.5 Å².